The first-order chi connectivity index (χ1) is 16.3. The third-order valence-corrected chi connectivity index (χ3v) is 8.63. The molecule has 1 aromatic heterocycles. The van der Waals surface area contributed by atoms with Gasteiger partial charge in [-0.15, -0.1) is 0 Å². The van der Waals surface area contributed by atoms with E-state index in [0.717, 1.165) is 12.1 Å². The Balaban J connectivity index is 1.62. The fourth-order valence-corrected chi connectivity index (χ4v) is 6.58. The average molecular weight is 510 g/mol. The normalized spacial score (nSPS) is 18.0. The van der Waals surface area contributed by atoms with Gasteiger partial charge in [-0.05, 0) is 56.2 Å². The van der Waals surface area contributed by atoms with E-state index in [1.54, 1.807) is 16.7 Å². The molecule has 1 fully saturated rings. The van der Waals surface area contributed by atoms with Crippen LogP contribution < -0.4 is 4.80 Å². The molecule has 1 atom stereocenters. The van der Waals surface area contributed by atoms with Crippen LogP contribution in [-0.4, -0.2) is 49.5 Å². The highest BCUT2D eigenvalue weighted by Gasteiger charge is 2.33. The van der Waals surface area contributed by atoms with Gasteiger partial charge in [-0.1, -0.05) is 17.4 Å². The van der Waals surface area contributed by atoms with Crippen LogP contribution in [0.3, 0.4) is 0 Å². The zero-order chi connectivity index (χ0) is 24.3. The van der Waals surface area contributed by atoms with Crippen molar-refractivity contribution < 1.29 is 26.7 Å². The molecule has 34 heavy (non-hydrogen) atoms. The predicted octanol–water partition coefficient (Wildman–Crippen LogP) is 3.55. The number of piperidine rings is 1. The van der Waals surface area contributed by atoms with Crippen molar-refractivity contribution in [3.05, 3.63) is 58.9 Å². The number of ether oxygens (including phenoxy) is 1. The van der Waals surface area contributed by atoms with Gasteiger partial charge < -0.3 is 9.30 Å². The number of sulfonamides is 1. The van der Waals surface area contributed by atoms with Gasteiger partial charge in [-0.25, -0.2) is 17.2 Å². The molecule has 1 aliphatic heterocycles. The van der Waals surface area contributed by atoms with Crippen LogP contribution in [0, 0.1) is 17.6 Å². The Morgan fingerprint density at radius 3 is 2.71 bits per heavy atom. The summed E-state index contributed by atoms with van der Waals surface area (Å²) < 4.78 is 62.7. The van der Waals surface area contributed by atoms with E-state index in [1.807, 2.05) is 6.92 Å². The summed E-state index contributed by atoms with van der Waals surface area (Å²) in [4.78, 5) is 17.7. The smallest absolute Gasteiger partial charge is 0.252 e. The lowest BCUT2D eigenvalue weighted by atomic mass is 9.99. The van der Waals surface area contributed by atoms with Crippen LogP contribution in [-0.2, 0) is 26.1 Å². The van der Waals surface area contributed by atoms with E-state index in [9.17, 15) is 22.0 Å². The molecule has 0 aliphatic carbocycles. The molecule has 11 heteroatoms. The van der Waals surface area contributed by atoms with E-state index in [0.29, 0.717) is 47.6 Å². The zero-order valence-electron chi connectivity index (χ0n) is 18.6. The molecule has 1 aliphatic rings. The molecule has 2 heterocycles. The quantitative estimate of drug-likeness (QED) is 0.457. The van der Waals surface area contributed by atoms with Gasteiger partial charge in [0.25, 0.3) is 5.91 Å². The number of para-hydroxylation sites is 1. The summed E-state index contributed by atoms with van der Waals surface area (Å²) in [7, 11) is -3.86. The van der Waals surface area contributed by atoms with Crippen molar-refractivity contribution >= 4 is 37.5 Å². The number of nitrogens with zero attached hydrogens (tertiary/aromatic N) is 3. The summed E-state index contributed by atoms with van der Waals surface area (Å²) in [5, 5.41) is 0. The second-order valence-corrected chi connectivity index (χ2v) is 10.9. The molecule has 0 radical (unpaired) electrons. The molecule has 0 saturated carbocycles. The Hall–Kier alpha value is -2.47. The summed E-state index contributed by atoms with van der Waals surface area (Å²) in [5.41, 5.74) is 0.364. The first-order valence-electron chi connectivity index (χ1n) is 11.0. The Labute approximate surface area is 200 Å². The number of benzene rings is 2. The highest BCUT2D eigenvalue weighted by Crippen LogP contribution is 2.25. The number of thiazole rings is 1. The Kier molecular flexibility index (Phi) is 7.56. The van der Waals surface area contributed by atoms with E-state index in [-0.39, 0.29) is 18.0 Å². The van der Waals surface area contributed by atoms with Gasteiger partial charge in [0.2, 0.25) is 10.0 Å². The van der Waals surface area contributed by atoms with E-state index in [2.05, 4.69) is 4.99 Å². The minimum atomic E-state index is -3.86. The van der Waals surface area contributed by atoms with Gasteiger partial charge in [0.1, 0.15) is 11.6 Å². The predicted molar refractivity (Wildman–Crippen MR) is 125 cm³/mol. The topological polar surface area (TPSA) is 81.0 Å². The monoisotopic (exact) mass is 509 g/mol. The summed E-state index contributed by atoms with van der Waals surface area (Å²) >= 11 is 1.21. The van der Waals surface area contributed by atoms with Crippen LogP contribution >= 0.6 is 11.3 Å². The molecular weight excluding hydrogens is 484 g/mol. The number of carbonyl (C=O) groups is 1. The fraction of sp³-hybridized carbons (Fsp3) is 0.391. The first-order valence-corrected chi connectivity index (χ1v) is 13.3. The summed E-state index contributed by atoms with van der Waals surface area (Å²) in [6, 6.07) is 9.35. The van der Waals surface area contributed by atoms with Crippen molar-refractivity contribution in [1.82, 2.24) is 8.87 Å². The van der Waals surface area contributed by atoms with Gasteiger partial charge in [-0.2, -0.15) is 9.30 Å². The van der Waals surface area contributed by atoms with Crippen LogP contribution in [0.5, 0.6) is 0 Å². The molecule has 1 saturated heterocycles. The molecule has 7 nitrogen and oxygen atoms in total. The second-order valence-electron chi connectivity index (χ2n) is 7.93. The Morgan fingerprint density at radius 2 is 1.97 bits per heavy atom. The lowest BCUT2D eigenvalue weighted by Crippen LogP contribution is -2.42. The molecule has 2 aromatic carbocycles. The molecule has 4 rings (SSSR count). The van der Waals surface area contributed by atoms with Crippen molar-refractivity contribution in [3.63, 3.8) is 0 Å². The summed E-state index contributed by atoms with van der Waals surface area (Å²) in [6.07, 6.45) is 0.994. The fourth-order valence-electron chi connectivity index (χ4n) is 3.98. The number of aromatic nitrogens is 1. The highest BCUT2D eigenvalue weighted by atomic mass is 32.2. The number of hydrogen-bond donors (Lipinski definition) is 0. The van der Waals surface area contributed by atoms with Crippen molar-refractivity contribution in [2.45, 2.75) is 31.2 Å². The minimum Gasteiger partial charge on any atom is -0.380 e. The van der Waals surface area contributed by atoms with Crippen LogP contribution in [0.1, 0.15) is 19.8 Å². The maximum Gasteiger partial charge on any atom is 0.252 e. The van der Waals surface area contributed by atoms with Crippen LogP contribution in [0.15, 0.2) is 52.4 Å². The highest BCUT2D eigenvalue weighted by molar-refractivity contribution is 7.89. The number of hydrogen-bond acceptors (Lipinski definition) is 5. The molecule has 3 aromatic rings. The molecular formula is C23H25F2N3O4S2. The van der Waals surface area contributed by atoms with Gasteiger partial charge in [0, 0.05) is 26.2 Å². The van der Waals surface area contributed by atoms with Crippen molar-refractivity contribution in [2.24, 2.45) is 10.9 Å². The molecule has 1 unspecified atom stereocenters. The molecule has 0 N–H and O–H groups in total. The zero-order valence-corrected chi connectivity index (χ0v) is 20.2. The largest absolute Gasteiger partial charge is 0.380 e. The lowest BCUT2D eigenvalue weighted by Gasteiger charge is -2.30. The maximum absolute atomic E-state index is 14.6. The molecule has 0 spiro atoms. The third-order valence-electron chi connectivity index (χ3n) is 5.71. The Bertz CT molecular complexity index is 1350. The third kappa shape index (κ3) is 5.12. The SMILES string of the molecule is CCOCCn1c(=NC(=O)C2CCCN(S(=O)(=O)c3ccc(F)cc3)C2)sc2cccc(F)c21. The summed E-state index contributed by atoms with van der Waals surface area (Å²) in [5.74, 6) is -2.01. The van der Waals surface area contributed by atoms with E-state index < -0.39 is 33.5 Å². The van der Waals surface area contributed by atoms with Gasteiger partial charge in [0.05, 0.1) is 27.6 Å². The van der Waals surface area contributed by atoms with Crippen LogP contribution in [0.25, 0.3) is 10.2 Å². The minimum absolute atomic E-state index is 0.0136. The number of amides is 1. The van der Waals surface area contributed by atoms with E-state index in [1.165, 1.54) is 33.8 Å². The molecule has 0 bridgehead atoms. The number of fused-ring (bicyclic) bond motifs is 1. The number of carbonyl (C=O) groups excluding carboxylic acids is 1. The number of rotatable bonds is 7. The van der Waals surface area contributed by atoms with Crippen molar-refractivity contribution in [1.29, 1.82) is 0 Å². The lowest BCUT2D eigenvalue weighted by molar-refractivity contribution is -0.122. The average Bonchev–Trinajstić information content (AvgIpc) is 3.18. The maximum atomic E-state index is 14.6. The van der Waals surface area contributed by atoms with Gasteiger partial charge in [-0.3, -0.25) is 4.79 Å². The van der Waals surface area contributed by atoms with E-state index >= 15 is 0 Å². The Morgan fingerprint density at radius 1 is 1.21 bits per heavy atom. The van der Waals surface area contributed by atoms with Crippen molar-refractivity contribution in [2.75, 3.05) is 26.3 Å². The van der Waals surface area contributed by atoms with E-state index in [4.69, 9.17) is 4.74 Å². The van der Waals surface area contributed by atoms with Gasteiger partial charge >= 0.3 is 0 Å². The van der Waals surface area contributed by atoms with Crippen molar-refractivity contribution in [3.8, 4) is 0 Å². The second kappa shape index (κ2) is 10.4. The van der Waals surface area contributed by atoms with Crippen LogP contribution in [0.2, 0.25) is 0 Å². The van der Waals surface area contributed by atoms with Gasteiger partial charge in [0.15, 0.2) is 4.80 Å². The van der Waals surface area contributed by atoms with Crippen LogP contribution in [0.4, 0.5) is 8.78 Å². The summed E-state index contributed by atoms with van der Waals surface area (Å²) in [6.45, 7) is 3.30. The molecule has 1 amide bonds. The first kappa shape index (κ1) is 24.6. The molecule has 182 valence electrons. The number of halogens is 2. The standard InChI is InChI=1S/C23H25F2N3O4S2/c1-2-32-14-13-28-21-19(25)6-3-7-20(21)33-23(28)26-22(29)16-5-4-12-27(15-16)34(30,31)18-10-8-17(24)9-11-18/h3,6-11,16H,2,4-5,12-15H2,1H3.